The molecule has 142 valence electrons. The molecule has 0 saturated heterocycles. The van der Waals surface area contributed by atoms with E-state index in [-0.39, 0.29) is 41.4 Å². The third kappa shape index (κ3) is 5.68. The summed E-state index contributed by atoms with van der Waals surface area (Å²) in [6.45, 7) is 4.19. The molecule has 0 amide bonds. The smallest absolute Gasteiger partial charge is 0.242 e. The maximum atomic E-state index is 12.4. The Labute approximate surface area is 172 Å². The Morgan fingerprint density at radius 2 is 1.69 bits per heavy atom. The number of nitrogens with one attached hydrogen (secondary N) is 1. The first-order valence-electron chi connectivity index (χ1n) is 7.86. The van der Waals surface area contributed by atoms with Crippen molar-refractivity contribution < 1.29 is 8.42 Å². The number of sulfonamides is 1. The van der Waals surface area contributed by atoms with E-state index in [9.17, 15) is 8.42 Å². The second kappa shape index (κ2) is 9.33. The third-order valence-electron chi connectivity index (χ3n) is 3.65. The average molecular weight is 488 g/mol. The number of hydrogen-bond acceptors (Lipinski definition) is 3. The van der Waals surface area contributed by atoms with Gasteiger partial charge in [0.1, 0.15) is 0 Å². The summed E-state index contributed by atoms with van der Waals surface area (Å²) >= 11 is 0. The van der Waals surface area contributed by atoms with E-state index in [1.165, 1.54) is 18.4 Å². The van der Waals surface area contributed by atoms with Crippen LogP contribution in [0.15, 0.2) is 52.4 Å². The van der Waals surface area contributed by atoms with Gasteiger partial charge in [0.25, 0.3) is 0 Å². The standard InChI is InChI=1S/C18H24N4O2S.HI/c1-13-9-14(2)11-16(10-13)21-18(19)20-12-15-7-5-6-8-17(15)25(23,24)22(3)4;/h5-11H,12H2,1-4H3,(H3,19,20,21);1H. The fourth-order valence-corrected chi connectivity index (χ4v) is 3.60. The van der Waals surface area contributed by atoms with Gasteiger partial charge in [-0.2, -0.15) is 0 Å². The molecule has 6 nitrogen and oxygen atoms in total. The normalized spacial score (nSPS) is 12.0. The maximum Gasteiger partial charge on any atom is 0.242 e. The highest BCUT2D eigenvalue weighted by molar-refractivity contribution is 14.0. The quantitative estimate of drug-likeness (QED) is 0.385. The molecule has 2 aromatic rings. The number of rotatable bonds is 5. The van der Waals surface area contributed by atoms with Crippen molar-refractivity contribution in [3.8, 4) is 0 Å². The van der Waals surface area contributed by atoms with E-state index in [1.54, 1.807) is 24.3 Å². The summed E-state index contributed by atoms with van der Waals surface area (Å²) in [5, 5.41) is 3.04. The topological polar surface area (TPSA) is 87.8 Å². The second-order valence-corrected chi connectivity index (χ2v) is 8.22. The van der Waals surface area contributed by atoms with Gasteiger partial charge in [0, 0.05) is 19.8 Å². The molecule has 0 saturated carbocycles. The third-order valence-corrected chi connectivity index (χ3v) is 5.56. The molecule has 0 radical (unpaired) electrons. The largest absolute Gasteiger partial charge is 0.370 e. The minimum absolute atomic E-state index is 0. The molecule has 26 heavy (non-hydrogen) atoms. The number of halogens is 1. The van der Waals surface area contributed by atoms with Crippen molar-refractivity contribution in [1.29, 1.82) is 0 Å². The van der Waals surface area contributed by atoms with Gasteiger partial charge in [0.05, 0.1) is 11.4 Å². The van der Waals surface area contributed by atoms with Crippen molar-refractivity contribution in [1.82, 2.24) is 4.31 Å². The Balaban J connectivity index is 0.00000338. The van der Waals surface area contributed by atoms with Gasteiger partial charge in [0.15, 0.2) is 5.96 Å². The average Bonchev–Trinajstić information content (AvgIpc) is 2.52. The predicted octanol–water partition coefficient (Wildman–Crippen LogP) is 3.10. The van der Waals surface area contributed by atoms with Crippen molar-refractivity contribution in [2.75, 3.05) is 19.4 Å². The molecule has 0 spiro atoms. The van der Waals surface area contributed by atoms with Gasteiger partial charge in [-0.05, 0) is 48.7 Å². The molecule has 0 aliphatic carbocycles. The predicted molar refractivity (Wildman–Crippen MR) is 118 cm³/mol. The SMILES string of the molecule is Cc1cc(C)cc(NC(N)=NCc2ccccc2S(=O)(=O)N(C)C)c1.I. The van der Waals surface area contributed by atoms with Gasteiger partial charge in [-0.25, -0.2) is 17.7 Å². The number of nitrogens with zero attached hydrogens (tertiary/aromatic N) is 2. The zero-order chi connectivity index (χ0) is 18.6. The highest BCUT2D eigenvalue weighted by atomic mass is 127. The Kier molecular flexibility index (Phi) is 8.04. The summed E-state index contributed by atoms with van der Waals surface area (Å²) in [6.07, 6.45) is 0. The van der Waals surface area contributed by atoms with Crippen molar-refractivity contribution in [3.63, 3.8) is 0 Å². The van der Waals surface area contributed by atoms with Crippen LogP contribution in [0, 0.1) is 13.8 Å². The molecule has 8 heteroatoms. The summed E-state index contributed by atoms with van der Waals surface area (Å²) in [4.78, 5) is 4.52. The van der Waals surface area contributed by atoms with Gasteiger partial charge in [-0.3, -0.25) is 0 Å². The molecule has 0 fully saturated rings. The first kappa shape index (κ1) is 22.4. The van der Waals surface area contributed by atoms with Crippen LogP contribution in [-0.2, 0) is 16.6 Å². The molecule has 0 aliphatic rings. The van der Waals surface area contributed by atoms with Crippen molar-refractivity contribution in [2.45, 2.75) is 25.3 Å². The lowest BCUT2D eigenvalue weighted by Gasteiger charge is -2.14. The van der Waals surface area contributed by atoms with Gasteiger partial charge < -0.3 is 11.1 Å². The van der Waals surface area contributed by atoms with E-state index in [2.05, 4.69) is 16.4 Å². The van der Waals surface area contributed by atoms with Crippen LogP contribution in [0.5, 0.6) is 0 Å². The van der Waals surface area contributed by atoms with Crippen LogP contribution in [0.3, 0.4) is 0 Å². The van der Waals surface area contributed by atoms with Crippen molar-refractivity contribution >= 4 is 45.6 Å². The van der Waals surface area contributed by atoms with E-state index >= 15 is 0 Å². The maximum absolute atomic E-state index is 12.4. The number of aliphatic imine (C=N–C) groups is 1. The van der Waals surface area contributed by atoms with Gasteiger partial charge in [0.2, 0.25) is 10.0 Å². The molecule has 0 aromatic heterocycles. The summed E-state index contributed by atoms with van der Waals surface area (Å²) in [5.41, 5.74) is 9.65. The molecular weight excluding hydrogens is 463 g/mol. The molecule has 0 aliphatic heterocycles. The number of anilines is 1. The van der Waals surface area contributed by atoms with Gasteiger partial charge >= 0.3 is 0 Å². The van der Waals surface area contributed by atoms with E-state index in [1.807, 2.05) is 26.0 Å². The van der Waals surface area contributed by atoms with E-state index in [0.29, 0.717) is 5.56 Å². The molecule has 2 rings (SSSR count). The molecule has 0 bridgehead atoms. The summed E-state index contributed by atoms with van der Waals surface area (Å²) in [5.74, 6) is 0.238. The fraction of sp³-hybridized carbons (Fsp3) is 0.278. The van der Waals surface area contributed by atoms with Crippen LogP contribution in [-0.4, -0.2) is 32.8 Å². The zero-order valence-corrected chi connectivity index (χ0v) is 18.5. The van der Waals surface area contributed by atoms with Crippen LogP contribution in [0.1, 0.15) is 16.7 Å². The molecule has 2 aromatic carbocycles. The number of hydrogen-bond donors (Lipinski definition) is 2. The fourth-order valence-electron chi connectivity index (χ4n) is 2.49. The van der Waals surface area contributed by atoms with Crippen LogP contribution in [0.25, 0.3) is 0 Å². The number of guanidine groups is 1. The molecule has 0 atom stereocenters. The highest BCUT2D eigenvalue weighted by Crippen LogP contribution is 2.19. The Morgan fingerprint density at radius 3 is 2.27 bits per heavy atom. The summed E-state index contributed by atoms with van der Waals surface area (Å²) in [6, 6.07) is 12.8. The monoisotopic (exact) mass is 488 g/mol. The first-order valence-corrected chi connectivity index (χ1v) is 9.30. The summed E-state index contributed by atoms with van der Waals surface area (Å²) in [7, 11) is -0.512. The molecule has 0 unspecified atom stereocenters. The Hall–Kier alpha value is -1.65. The lowest BCUT2D eigenvalue weighted by molar-refractivity contribution is 0.519. The van der Waals surface area contributed by atoms with Crippen LogP contribution in [0.2, 0.25) is 0 Å². The second-order valence-electron chi connectivity index (χ2n) is 6.10. The number of benzene rings is 2. The number of aryl methyl sites for hydroxylation is 2. The lowest BCUT2D eigenvalue weighted by Crippen LogP contribution is -2.24. The Bertz CT molecular complexity index is 876. The van der Waals surface area contributed by atoms with Crippen LogP contribution >= 0.6 is 24.0 Å². The number of nitrogens with two attached hydrogens (primary N) is 1. The minimum Gasteiger partial charge on any atom is -0.370 e. The van der Waals surface area contributed by atoms with Crippen LogP contribution < -0.4 is 11.1 Å². The molecule has 3 N–H and O–H groups in total. The molecular formula is C18H25IN4O2S. The zero-order valence-electron chi connectivity index (χ0n) is 15.4. The van der Waals surface area contributed by atoms with Gasteiger partial charge in [-0.1, -0.05) is 24.3 Å². The van der Waals surface area contributed by atoms with Crippen molar-refractivity contribution in [3.05, 3.63) is 59.2 Å². The van der Waals surface area contributed by atoms with E-state index < -0.39 is 10.0 Å². The van der Waals surface area contributed by atoms with Gasteiger partial charge in [-0.15, -0.1) is 24.0 Å². The highest BCUT2D eigenvalue weighted by Gasteiger charge is 2.20. The van der Waals surface area contributed by atoms with Crippen LogP contribution in [0.4, 0.5) is 5.69 Å². The van der Waals surface area contributed by atoms with Crippen molar-refractivity contribution in [2.24, 2.45) is 10.7 Å². The minimum atomic E-state index is -3.52. The first-order chi connectivity index (χ1) is 11.7. The van der Waals surface area contributed by atoms with E-state index in [4.69, 9.17) is 5.73 Å². The van der Waals surface area contributed by atoms with E-state index in [0.717, 1.165) is 16.8 Å². The molecule has 0 heterocycles. The Morgan fingerprint density at radius 1 is 1.12 bits per heavy atom. The summed E-state index contributed by atoms with van der Waals surface area (Å²) < 4.78 is 26.0. The lowest BCUT2D eigenvalue weighted by atomic mass is 10.1.